The smallest absolute Gasteiger partial charge is 0.266 e. The molecule has 0 aromatic heterocycles. The zero-order valence-electron chi connectivity index (χ0n) is 6.15. The topological polar surface area (TPSA) is 6.48 Å². The van der Waals surface area contributed by atoms with E-state index in [2.05, 4.69) is 0 Å². The van der Waals surface area contributed by atoms with Gasteiger partial charge in [-0.15, -0.1) is 0 Å². The molecule has 2 nitrogen and oxygen atoms in total. The molecule has 0 aliphatic carbocycles. The van der Waals surface area contributed by atoms with Crippen LogP contribution in [0.5, 0.6) is 0 Å². The van der Waals surface area contributed by atoms with Crippen molar-refractivity contribution in [2.75, 3.05) is 28.2 Å². The minimum absolute atomic E-state index is 0.993. The standard InChI is InChI=1S/C4H12F2N2Si/c1-7(2)9(5,6)8(3)4/h1-4H3. The van der Waals surface area contributed by atoms with Gasteiger partial charge in [-0.3, -0.25) is 9.13 Å². The Kier molecular flexibility index (Phi) is 2.72. The van der Waals surface area contributed by atoms with Crippen LogP contribution in [-0.4, -0.2) is 46.4 Å². The van der Waals surface area contributed by atoms with Crippen molar-refractivity contribution >= 4 is 9.06 Å². The van der Waals surface area contributed by atoms with E-state index in [1.807, 2.05) is 0 Å². The molecule has 0 saturated carbocycles. The Morgan fingerprint density at radius 1 is 0.889 bits per heavy atom. The highest BCUT2D eigenvalue weighted by Gasteiger charge is 2.43. The Labute approximate surface area is 55.6 Å². The quantitative estimate of drug-likeness (QED) is 0.422. The fourth-order valence-corrected chi connectivity index (χ4v) is 1.20. The molecule has 0 fully saturated rings. The van der Waals surface area contributed by atoms with Gasteiger partial charge in [0.25, 0.3) is 0 Å². The van der Waals surface area contributed by atoms with Crippen molar-refractivity contribution in [3.05, 3.63) is 0 Å². The van der Waals surface area contributed by atoms with Gasteiger partial charge in [-0.25, -0.2) is 8.22 Å². The number of rotatable bonds is 2. The van der Waals surface area contributed by atoms with E-state index < -0.39 is 9.06 Å². The zero-order valence-corrected chi connectivity index (χ0v) is 7.15. The van der Waals surface area contributed by atoms with Gasteiger partial charge in [0, 0.05) is 0 Å². The minimum Gasteiger partial charge on any atom is -0.266 e. The summed E-state index contributed by atoms with van der Waals surface area (Å²) in [6.45, 7) is 0. The van der Waals surface area contributed by atoms with Gasteiger partial charge in [-0.1, -0.05) is 0 Å². The molecule has 0 aromatic carbocycles. The maximum absolute atomic E-state index is 12.7. The predicted molar refractivity (Wildman–Crippen MR) is 35.3 cm³/mol. The Morgan fingerprint density at radius 2 is 1.11 bits per heavy atom. The van der Waals surface area contributed by atoms with E-state index in [1.54, 1.807) is 0 Å². The number of hydrogen-bond acceptors (Lipinski definition) is 2. The summed E-state index contributed by atoms with van der Waals surface area (Å²) in [5, 5.41) is 0. The van der Waals surface area contributed by atoms with Gasteiger partial charge in [-0.05, 0) is 28.2 Å². The van der Waals surface area contributed by atoms with Crippen molar-refractivity contribution in [1.82, 2.24) is 9.13 Å². The maximum atomic E-state index is 12.7. The first-order valence-corrected chi connectivity index (χ1v) is 4.26. The van der Waals surface area contributed by atoms with Crippen LogP contribution in [0.4, 0.5) is 8.22 Å². The van der Waals surface area contributed by atoms with E-state index in [-0.39, 0.29) is 0 Å². The van der Waals surface area contributed by atoms with E-state index in [0.29, 0.717) is 0 Å². The maximum Gasteiger partial charge on any atom is 0.598 e. The molecule has 0 aliphatic heterocycles. The van der Waals surface area contributed by atoms with Crippen LogP contribution in [0.3, 0.4) is 0 Å². The molecule has 0 spiro atoms. The molecule has 0 rings (SSSR count). The second-order valence-electron chi connectivity index (χ2n) is 2.30. The van der Waals surface area contributed by atoms with E-state index in [9.17, 15) is 8.22 Å². The summed E-state index contributed by atoms with van der Waals surface area (Å²) in [5.74, 6) is 0. The Hall–Kier alpha value is -0.00312. The van der Waals surface area contributed by atoms with Crippen LogP contribution in [0.1, 0.15) is 0 Å². The first-order chi connectivity index (χ1) is 3.89. The van der Waals surface area contributed by atoms with Crippen molar-refractivity contribution in [3.63, 3.8) is 0 Å². The molecule has 56 valence electrons. The second-order valence-corrected chi connectivity index (χ2v) is 5.11. The monoisotopic (exact) mass is 154 g/mol. The summed E-state index contributed by atoms with van der Waals surface area (Å²) in [7, 11) is 1.39. The van der Waals surface area contributed by atoms with Crippen LogP contribution < -0.4 is 0 Å². The van der Waals surface area contributed by atoms with Gasteiger partial charge >= 0.3 is 9.06 Å². The normalized spacial score (nSPS) is 13.3. The van der Waals surface area contributed by atoms with Gasteiger partial charge in [-0.2, -0.15) is 0 Å². The van der Waals surface area contributed by atoms with E-state index >= 15 is 0 Å². The van der Waals surface area contributed by atoms with Crippen molar-refractivity contribution < 1.29 is 8.22 Å². The molecular formula is C4H12F2N2Si. The van der Waals surface area contributed by atoms with E-state index in [4.69, 9.17) is 0 Å². The Balaban J connectivity index is 4.01. The fourth-order valence-electron chi connectivity index (χ4n) is 0.400. The van der Waals surface area contributed by atoms with Crippen molar-refractivity contribution in [1.29, 1.82) is 0 Å². The number of nitrogens with zero attached hydrogens (tertiary/aromatic N) is 2. The van der Waals surface area contributed by atoms with Gasteiger partial charge in [0.2, 0.25) is 0 Å². The Bertz CT molecular complexity index is 84.6. The summed E-state index contributed by atoms with van der Waals surface area (Å²) in [5.41, 5.74) is 0. The highest BCUT2D eigenvalue weighted by Crippen LogP contribution is 2.10. The predicted octanol–water partition coefficient (Wildman–Crippen LogP) is 0.484. The Morgan fingerprint density at radius 3 is 1.11 bits per heavy atom. The molecule has 0 heterocycles. The average molecular weight is 154 g/mol. The van der Waals surface area contributed by atoms with Crippen molar-refractivity contribution in [2.45, 2.75) is 0 Å². The summed E-state index contributed by atoms with van der Waals surface area (Å²) in [4.78, 5) is 0. The lowest BCUT2D eigenvalue weighted by Gasteiger charge is -2.24. The van der Waals surface area contributed by atoms with E-state index in [0.717, 1.165) is 9.13 Å². The van der Waals surface area contributed by atoms with Gasteiger partial charge < -0.3 is 0 Å². The fraction of sp³-hybridized carbons (Fsp3) is 1.00. The zero-order chi connectivity index (χ0) is 7.65. The third-order valence-electron chi connectivity index (χ3n) is 1.08. The van der Waals surface area contributed by atoms with Crippen LogP contribution >= 0.6 is 0 Å². The summed E-state index contributed by atoms with van der Waals surface area (Å²) < 4.78 is 27.3. The van der Waals surface area contributed by atoms with Gasteiger partial charge in [0.05, 0.1) is 0 Å². The molecule has 0 amide bonds. The number of halogens is 2. The lowest BCUT2D eigenvalue weighted by molar-refractivity contribution is 0.324. The third-order valence-corrected chi connectivity index (χ3v) is 3.23. The third kappa shape index (κ3) is 2.00. The molecule has 0 bridgehead atoms. The second kappa shape index (κ2) is 2.72. The first-order valence-electron chi connectivity index (χ1n) is 2.61. The summed E-state index contributed by atoms with van der Waals surface area (Å²) >= 11 is 0. The summed E-state index contributed by atoms with van der Waals surface area (Å²) in [6.07, 6.45) is 0. The SMILES string of the molecule is CN(C)[Si](F)(F)N(C)C. The lowest BCUT2D eigenvalue weighted by atomic mass is 11.3. The van der Waals surface area contributed by atoms with Crippen LogP contribution in [-0.2, 0) is 0 Å². The molecule has 5 heteroatoms. The largest absolute Gasteiger partial charge is 0.598 e. The van der Waals surface area contributed by atoms with Gasteiger partial charge in [0.1, 0.15) is 0 Å². The van der Waals surface area contributed by atoms with Crippen molar-refractivity contribution in [3.8, 4) is 0 Å². The molecule has 0 atom stereocenters. The molecule has 0 radical (unpaired) electrons. The average Bonchev–Trinajstić information content (AvgIpc) is 1.65. The molecule has 0 N–H and O–H groups in total. The molecule has 0 saturated heterocycles. The van der Waals surface area contributed by atoms with Crippen LogP contribution in [0.25, 0.3) is 0 Å². The molecular weight excluding hydrogens is 142 g/mol. The summed E-state index contributed by atoms with van der Waals surface area (Å²) in [6, 6.07) is 0. The highest BCUT2D eigenvalue weighted by molar-refractivity contribution is 6.59. The van der Waals surface area contributed by atoms with E-state index in [1.165, 1.54) is 28.2 Å². The number of hydrogen-bond donors (Lipinski definition) is 0. The minimum atomic E-state index is -4.19. The van der Waals surface area contributed by atoms with Gasteiger partial charge in [0.15, 0.2) is 0 Å². The van der Waals surface area contributed by atoms with Crippen molar-refractivity contribution in [2.24, 2.45) is 0 Å². The molecule has 0 unspecified atom stereocenters. The molecule has 0 aromatic rings. The van der Waals surface area contributed by atoms with Crippen LogP contribution in [0.2, 0.25) is 0 Å². The highest BCUT2D eigenvalue weighted by atomic mass is 28.4. The molecule has 9 heavy (non-hydrogen) atoms. The lowest BCUT2D eigenvalue weighted by Crippen LogP contribution is -2.53. The molecule has 0 aliphatic rings. The van der Waals surface area contributed by atoms with Crippen LogP contribution in [0, 0.1) is 0 Å². The van der Waals surface area contributed by atoms with Crippen LogP contribution in [0.15, 0.2) is 0 Å². The first kappa shape index (κ1) is 9.00.